The highest BCUT2D eigenvalue weighted by Gasteiger charge is 2.43. The molecule has 16 heavy (non-hydrogen) atoms. The van der Waals surface area contributed by atoms with Gasteiger partial charge in [0.05, 0.1) is 7.11 Å². The molecule has 2 rings (SSSR count). The van der Waals surface area contributed by atoms with E-state index in [2.05, 4.69) is 4.74 Å². The van der Waals surface area contributed by atoms with E-state index in [-0.39, 0.29) is 18.7 Å². The Kier molecular flexibility index (Phi) is 2.22. The molecular weight excluding hydrogens is 216 g/mol. The van der Waals surface area contributed by atoms with Crippen molar-refractivity contribution in [1.29, 1.82) is 0 Å². The maximum absolute atomic E-state index is 11.5. The molecule has 0 aromatic heterocycles. The Bertz CT molecular complexity index is 439. The van der Waals surface area contributed by atoms with Gasteiger partial charge in [0.2, 0.25) is 0 Å². The van der Waals surface area contributed by atoms with Crippen LogP contribution in [0.2, 0.25) is 0 Å². The van der Waals surface area contributed by atoms with Crippen molar-refractivity contribution < 1.29 is 23.9 Å². The van der Waals surface area contributed by atoms with Crippen LogP contribution in [0.1, 0.15) is 6.42 Å². The fraction of sp³-hybridized carbons (Fsp3) is 0.333. The summed E-state index contributed by atoms with van der Waals surface area (Å²) in [5.41, 5.74) is -0.213. The summed E-state index contributed by atoms with van der Waals surface area (Å²) in [6.45, 7) is -0.217. The summed E-state index contributed by atoms with van der Waals surface area (Å²) >= 11 is 0. The van der Waals surface area contributed by atoms with Crippen molar-refractivity contribution in [2.45, 2.75) is 6.42 Å². The number of ether oxygens (including phenoxy) is 1. The summed E-state index contributed by atoms with van der Waals surface area (Å²) in [7, 11) is 1.13. The molecule has 0 spiro atoms. The molecule has 1 fully saturated rings. The number of carbonyl (C=O) groups excluding carboxylic acids is 4. The average molecular weight is 224 g/mol. The molecule has 2 aliphatic heterocycles. The van der Waals surface area contributed by atoms with Crippen molar-refractivity contribution in [2.75, 3.05) is 13.7 Å². The molecule has 2 amide bonds. The highest BCUT2D eigenvalue weighted by atomic mass is 16.5. The molecule has 0 bridgehead atoms. The van der Waals surface area contributed by atoms with Crippen LogP contribution in [0.4, 0.5) is 0 Å². The van der Waals surface area contributed by atoms with Crippen molar-refractivity contribution in [3.63, 3.8) is 0 Å². The quantitative estimate of drug-likeness (QED) is 0.404. The monoisotopic (exact) mass is 224 g/mol. The zero-order valence-corrected chi connectivity index (χ0v) is 8.43. The zero-order valence-electron chi connectivity index (χ0n) is 8.43. The molecule has 1 saturated heterocycles. The Morgan fingerprint density at radius 2 is 2.00 bits per heavy atom. The van der Waals surface area contributed by atoms with Crippen LogP contribution >= 0.6 is 0 Å². The summed E-state index contributed by atoms with van der Waals surface area (Å²) in [4.78, 5) is 45.4. The SMILES string of the molecule is COC(=O)C1=CC(=O)CN2C(=O)CC(=O)N12. The van der Waals surface area contributed by atoms with E-state index >= 15 is 0 Å². The molecule has 0 unspecified atom stereocenters. The molecule has 2 heterocycles. The molecule has 84 valence electrons. The van der Waals surface area contributed by atoms with Gasteiger partial charge in [-0.15, -0.1) is 0 Å². The molecule has 0 atom stereocenters. The van der Waals surface area contributed by atoms with E-state index in [0.29, 0.717) is 0 Å². The predicted molar refractivity (Wildman–Crippen MR) is 48.3 cm³/mol. The molecule has 0 aromatic rings. The fourth-order valence-electron chi connectivity index (χ4n) is 1.62. The van der Waals surface area contributed by atoms with E-state index in [1.807, 2.05) is 0 Å². The van der Waals surface area contributed by atoms with Gasteiger partial charge in [0, 0.05) is 6.08 Å². The number of esters is 1. The summed E-state index contributed by atoms with van der Waals surface area (Å²) in [5, 5.41) is 1.85. The lowest BCUT2D eigenvalue weighted by Gasteiger charge is -2.30. The topological polar surface area (TPSA) is 84.0 Å². The van der Waals surface area contributed by atoms with Crippen LogP contribution < -0.4 is 0 Å². The van der Waals surface area contributed by atoms with Crippen molar-refractivity contribution in [2.24, 2.45) is 0 Å². The first kappa shape index (κ1) is 10.3. The van der Waals surface area contributed by atoms with Crippen LogP contribution in [0.5, 0.6) is 0 Å². The summed E-state index contributed by atoms with van der Waals surface area (Å²) < 4.78 is 4.44. The third-order valence-corrected chi connectivity index (χ3v) is 2.29. The first-order chi connectivity index (χ1) is 7.54. The first-order valence-electron chi connectivity index (χ1n) is 4.50. The van der Waals surface area contributed by atoms with Gasteiger partial charge in [-0.05, 0) is 0 Å². The molecule has 0 aromatic carbocycles. The van der Waals surface area contributed by atoms with Gasteiger partial charge in [-0.3, -0.25) is 14.4 Å². The third-order valence-electron chi connectivity index (χ3n) is 2.29. The Morgan fingerprint density at radius 1 is 1.31 bits per heavy atom. The third kappa shape index (κ3) is 1.37. The Balaban J connectivity index is 2.43. The number of ketones is 1. The second kappa shape index (κ2) is 3.44. The van der Waals surface area contributed by atoms with Crippen LogP contribution in [0.15, 0.2) is 11.8 Å². The maximum atomic E-state index is 11.5. The highest BCUT2D eigenvalue weighted by molar-refractivity contribution is 6.12. The minimum Gasteiger partial charge on any atom is -0.464 e. The molecule has 7 nitrogen and oxygen atoms in total. The number of carbonyl (C=O) groups is 4. The first-order valence-corrected chi connectivity index (χ1v) is 4.50. The minimum absolute atomic E-state index is 0.213. The van der Waals surface area contributed by atoms with Gasteiger partial charge < -0.3 is 4.74 Å². The van der Waals surface area contributed by atoms with Gasteiger partial charge in [-0.2, -0.15) is 0 Å². The van der Waals surface area contributed by atoms with E-state index in [1.165, 1.54) is 0 Å². The van der Waals surface area contributed by atoms with Gasteiger partial charge >= 0.3 is 5.97 Å². The van der Waals surface area contributed by atoms with E-state index in [4.69, 9.17) is 0 Å². The number of methoxy groups -OCH3 is 1. The molecule has 0 saturated carbocycles. The Labute approximate surface area is 90.2 Å². The lowest BCUT2D eigenvalue weighted by atomic mass is 10.2. The van der Waals surface area contributed by atoms with Crippen LogP contribution in [-0.4, -0.2) is 47.2 Å². The normalized spacial score (nSPS) is 19.8. The molecule has 2 aliphatic rings. The second-order valence-electron chi connectivity index (χ2n) is 3.32. The van der Waals surface area contributed by atoms with Gasteiger partial charge in [-0.25, -0.2) is 14.8 Å². The van der Waals surface area contributed by atoms with E-state index in [1.54, 1.807) is 0 Å². The van der Waals surface area contributed by atoms with Crippen molar-refractivity contribution >= 4 is 23.6 Å². The second-order valence-corrected chi connectivity index (χ2v) is 3.32. The predicted octanol–water partition coefficient (Wildman–Crippen LogP) is -1.40. The lowest BCUT2D eigenvalue weighted by molar-refractivity contribution is -0.154. The smallest absolute Gasteiger partial charge is 0.356 e. The largest absolute Gasteiger partial charge is 0.464 e. The number of nitrogens with zero attached hydrogens (tertiary/aromatic N) is 2. The fourth-order valence-corrected chi connectivity index (χ4v) is 1.62. The maximum Gasteiger partial charge on any atom is 0.356 e. The molecule has 7 heteroatoms. The summed E-state index contributed by atoms with van der Waals surface area (Å²) in [5.74, 6) is -2.26. The summed E-state index contributed by atoms with van der Waals surface area (Å²) in [6.07, 6.45) is 0.681. The average Bonchev–Trinajstić information content (AvgIpc) is 2.52. The van der Waals surface area contributed by atoms with Gasteiger partial charge in [0.25, 0.3) is 11.8 Å². The molecule has 0 radical (unpaired) electrons. The van der Waals surface area contributed by atoms with Gasteiger partial charge in [-0.1, -0.05) is 0 Å². The van der Waals surface area contributed by atoms with E-state index < -0.39 is 23.6 Å². The number of fused-ring (bicyclic) bond motifs is 1. The standard InChI is InChI=1S/C9H8N2O5/c1-16-9(15)6-2-5(12)4-10-7(13)3-8(14)11(6)10/h2H,3-4H2,1H3. The van der Waals surface area contributed by atoms with Crippen molar-refractivity contribution in [1.82, 2.24) is 10.0 Å². The minimum atomic E-state index is -0.818. The number of hydrogen-bond acceptors (Lipinski definition) is 5. The molecule has 0 aliphatic carbocycles. The number of hydrazine groups is 1. The zero-order chi connectivity index (χ0) is 11.9. The summed E-state index contributed by atoms with van der Waals surface area (Å²) in [6, 6.07) is 0. The van der Waals surface area contributed by atoms with Crippen LogP contribution in [0, 0.1) is 0 Å². The van der Waals surface area contributed by atoms with Gasteiger partial charge in [0.1, 0.15) is 13.0 Å². The van der Waals surface area contributed by atoms with Crippen molar-refractivity contribution in [3.05, 3.63) is 11.8 Å². The van der Waals surface area contributed by atoms with E-state index in [0.717, 1.165) is 23.2 Å². The lowest BCUT2D eigenvalue weighted by Crippen LogP contribution is -2.48. The van der Waals surface area contributed by atoms with Gasteiger partial charge in [0.15, 0.2) is 11.5 Å². The Hall–Kier alpha value is -2.18. The van der Waals surface area contributed by atoms with Crippen molar-refractivity contribution in [3.8, 4) is 0 Å². The van der Waals surface area contributed by atoms with Crippen LogP contribution in [-0.2, 0) is 23.9 Å². The Morgan fingerprint density at radius 3 is 2.62 bits per heavy atom. The number of hydrogen-bond donors (Lipinski definition) is 0. The molecular formula is C9H8N2O5. The van der Waals surface area contributed by atoms with Crippen LogP contribution in [0.3, 0.4) is 0 Å². The van der Waals surface area contributed by atoms with E-state index in [9.17, 15) is 19.2 Å². The number of rotatable bonds is 1. The number of amides is 2. The van der Waals surface area contributed by atoms with Crippen LogP contribution in [0.25, 0.3) is 0 Å². The highest BCUT2D eigenvalue weighted by Crippen LogP contribution is 2.23. The molecule has 0 N–H and O–H groups in total.